The van der Waals surface area contributed by atoms with E-state index < -0.39 is 0 Å². The van der Waals surface area contributed by atoms with Gasteiger partial charge in [-0.15, -0.1) is 0 Å². The number of rotatable bonds is 0. The smallest absolute Gasteiger partial charge is 0.0199 e. The van der Waals surface area contributed by atoms with E-state index in [0.717, 1.165) is 5.57 Å². The fourth-order valence-corrected chi connectivity index (χ4v) is 1.24. The molecular formula is C11H9BrZn-. The van der Waals surface area contributed by atoms with Crippen molar-refractivity contribution in [2.24, 2.45) is 0 Å². The van der Waals surface area contributed by atoms with Gasteiger partial charge in [0.25, 0.3) is 0 Å². The summed E-state index contributed by atoms with van der Waals surface area (Å²) < 4.78 is 0. The number of benzene rings is 1. The van der Waals surface area contributed by atoms with Gasteiger partial charge in [-0.05, 0) is 16.7 Å². The third-order valence-electron chi connectivity index (χ3n) is 1.81. The second kappa shape index (κ2) is 5.52. The predicted octanol–water partition coefficient (Wildman–Crippen LogP) is -0.177. The predicted molar refractivity (Wildman–Crippen MR) is 48.0 cm³/mol. The van der Waals surface area contributed by atoms with E-state index in [1.54, 1.807) is 0 Å². The zero-order valence-corrected chi connectivity index (χ0v) is 11.9. The van der Waals surface area contributed by atoms with Crippen molar-refractivity contribution in [2.45, 2.75) is 0 Å². The van der Waals surface area contributed by atoms with Crippen LogP contribution in [0.25, 0.3) is 6.08 Å². The minimum atomic E-state index is 0. The van der Waals surface area contributed by atoms with E-state index in [1.807, 2.05) is 18.2 Å². The van der Waals surface area contributed by atoms with E-state index in [9.17, 15) is 0 Å². The van der Waals surface area contributed by atoms with Crippen molar-refractivity contribution < 1.29 is 36.5 Å². The Balaban J connectivity index is 0.000000720. The molecule has 13 heavy (non-hydrogen) atoms. The van der Waals surface area contributed by atoms with Gasteiger partial charge in [-0.3, -0.25) is 0 Å². The first-order valence-electron chi connectivity index (χ1n) is 3.67. The zero-order chi connectivity index (χ0) is 7.68. The molecule has 0 heterocycles. The number of hydrogen-bond acceptors (Lipinski definition) is 0. The molecule has 0 saturated heterocycles. The van der Waals surface area contributed by atoms with Gasteiger partial charge in [-0.2, -0.15) is 0 Å². The molecule has 1 radical (unpaired) electrons. The van der Waals surface area contributed by atoms with Gasteiger partial charge in [0.2, 0.25) is 0 Å². The molecule has 0 atom stereocenters. The molecule has 0 bridgehead atoms. The quantitative estimate of drug-likeness (QED) is 0.581. The summed E-state index contributed by atoms with van der Waals surface area (Å²) in [7, 11) is 0. The van der Waals surface area contributed by atoms with Crippen LogP contribution in [-0.2, 0) is 19.5 Å². The van der Waals surface area contributed by atoms with Crippen molar-refractivity contribution in [2.75, 3.05) is 0 Å². The van der Waals surface area contributed by atoms with Crippen LogP contribution in [0.4, 0.5) is 0 Å². The van der Waals surface area contributed by atoms with Crippen molar-refractivity contribution in [3.8, 4) is 0 Å². The van der Waals surface area contributed by atoms with Gasteiger partial charge in [-0.1, -0.05) is 43.0 Å². The summed E-state index contributed by atoms with van der Waals surface area (Å²) in [4.78, 5) is 0. The van der Waals surface area contributed by atoms with Gasteiger partial charge >= 0.3 is 0 Å². The summed E-state index contributed by atoms with van der Waals surface area (Å²) >= 11 is 0. The first-order chi connectivity index (χ1) is 5.36. The summed E-state index contributed by atoms with van der Waals surface area (Å²) in [6.07, 6.45) is 6.22. The molecule has 1 aromatic carbocycles. The Bertz CT molecular complexity index is 329. The van der Waals surface area contributed by atoms with Crippen molar-refractivity contribution in [1.82, 2.24) is 0 Å². The molecule has 0 N–H and O–H groups in total. The van der Waals surface area contributed by atoms with E-state index >= 15 is 0 Å². The second-order valence-electron chi connectivity index (χ2n) is 2.68. The summed E-state index contributed by atoms with van der Waals surface area (Å²) in [5, 5.41) is 0. The number of fused-ring (bicyclic) bond motifs is 1. The molecule has 0 spiro atoms. The molecular weight excluding hydrogens is 277 g/mol. The van der Waals surface area contributed by atoms with E-state index in [4.69, 9.17) is 0 Å². The molecule has 2 rings (SSSR count). The Morgan fingerprint density at radius 2 is 1.54 bits per heavy atom. The Labute approximate surface area is 102 Å². The number of halogens is 1. The van der Waals surface area contributed by atoms with Gasteiger partial charge < -0.3 is 17.0 Å². The van der Waals surface area contributed by atoms with Crippen LogP contribution < -0.4 is 17.0 Å². The van der Waals surface area contributed by atoms with Crippen LogP contribution in [0.5, 0.6) is 0 Å². The van der Waals surface area contributed by atoms with Gasteiger partial charge in [0.15, 0.2) is 0 Å². The Kier molecular flexibility index (Phi) is 5.43. The Hall–Kier alpha value is -0.197. The maximum atomic E-state index is 3.87. The van der Waals surface area contributed by atoms with Crippen molar-refractivity contribution in [1.29, 1.82) is 0 Å². The molecule has 0 saturated carbocycles. The summed E-state index contributed by atoms with van der Waals surface area (Å²) in [5.74, 6) is 0. The van der Waals surface area contributed by atoms with Crippen molar-refractivity contribution in [3.05, 3.63) is 60.0 Å². The van der Waals surface area contributed by atoms with Crippen LogP contribution in [0.1, 0.15) is 11.1 Å². The van der Waals surface area contributed by atoms with Gasteiger partial charge in [-0.25, -0.2) is 0 Å². The third-order valence-corrected chi connectivity index (χ3v) is 1.81. The van der Waals surface area contributed by atoms with Crippen LogP contribution in [0, 0.1) is 6.42 Å². The molecule has 0 aromatic heterocycles. The Morgan fingerprint density at radius 1 is 0.923 bits per heavy atom. The van der Waals surface area contributed by atoms with E-state index in [1.165, 1.54) is 11.1 Å². The SMILES string of the molecule is C=C1[CH]c2ccccc2C=C1.[Br-].[Zn]. The molecule has 1 aliphatic carbocycles. The van der Waals surface area contributed by atoms with Gasteiger partial charge in [0.1, 0.15) is 0 Å². The summed E-state index contributed by atoms with van der Waals surface area (Å²) in [6, 6.07) is 8.30. The largest absolute Gasteiger partial charge is 1.00 e. The number of allylic oxidation sites excluding steroid dienone is 2. The number of hydrogen-bond donors (Lipinski definition) is 0. The second-order valence-corrected chi connectivity index (χ2v) is 2.68. The maximum Gasteiger partial charge on any atom is 0.0199 e. The van der Waals surface area contributed by atoms with Crippen LogP contribution in [0.2, 0.25) is 0 Å². The summed E-state index contributed by atoms with van der Waals surface area (Å²) in [5.41, 5.74) is 3.61. The molecule has 0 unspecified atom stereocenters. The van der Waals surface area contributed by atoms with Crippen LogP contribution in [0.3, 0.4) is 0 Å². The summed E-state index contributed by atoms with van der Waals surface area (Å²) in [6.45, 7) is 3.87. The fraction of sp³-hybridized carbons (Fsp3) is 0. The molecule has 0 amide bonds. The maximum absolute atomic E-state index is 3.87. The average molecular weight is 286 g/mol. The first kappa shape index (κ1) is 12.8. The zero-order valence-electron chi connectivity index (χ0n) is 7.33. The van der Waals surface area contributed by atoms with Crippen molar-refractivity contribution in [3.63, 3.8) is 0 Å². The Morgan fingerprint density at radius 3 is 2.23 bits per heavy atom. The minimum Gasteiger partial charge on any atom is -1.00 e. The minimum absolute atomic E-state index is 0. The monoisotopic (exact) mass is 284 g/mol. The van der Waals surface area contributed by atoms with E-state index in [2.05, 4.69) is 31.2 Å². The molecule has 2 heteroatoms. The average Bonchev–Trinajstić information content (AvgIpc) is 2.04. The molecule has 0 aliphatic heterocycles. The molecule has 1 aromatic rings. The van der Waals surface area contributed by atoms with Crippen LogP contribution in [-0.4, -0.2) is 0 Å². The first-order valence-corrected chi connectivity index (χ1v) is 3.67. The third kappa shape index (κ3) is 2.89. The molecule has 0 fully saturated rings. The fourth-order valence-electron chi connectivity index (χ4n) is 1.24. The molecule has 1 aliphatic rings. The van der Waals surface area contributed by atoms with Gasteiger partial charge in [0.05, 0.1) is 0 Å². The molecule has 0 nitrogen and oxygen atoms in total. The topological polar surface area (TPSA) is 0 Å². The van der Waals surface area contributed by atoms with Crippen LogP contribution in [0.15, 0.2) is 42.5 Å². The van der Waals surface area contributed by atoms with E-state index in [0.29, 0.717) is 0 Å². The van der Waals surface area contributed by atoms with E-state index in [-0.39, 0.29) is 36.5 Å². The van der Waals surface area contributed by atoms with Crippen LogP contribution >= 0.6 is 0 Å². The normalized spacial score (nSPS) is 12.5. The molecule has 63 valence electrons. The van der Waals surface area contributed by atoms with Gasteiger partial charge in [0, 0.05) is 25.9 Å². The standard InChI is InChI=1S/C11H9.BrH.Zn/c1-9-6-7-10-4-2-3-5-11(10)8-9;;/h2-8H,1H2;1H;/p-1. The van der Waals surface area contributed by atoms with Crippen molar-refractivity contribution >= 4 is 6.08 Å².